The summed E-state index contributed by atoms with van der Waals surface area (Å²) in [4.78, 5) is 0. The van der Waals surface area contributed by atoms with E-state index in [1.807, 2.05) is 6.08 Å². The van der Waals surface area contributed by atoms with E-state index in [1.165, 1.54) is 32.8 Å². The van der Waals surface area contributed by atoms with Gasteiger partial charge in [-0.2, -0.15) is 8.78 Å². The smallest absolute Gasteiger partial charge is 0.199 e. The predicted octanol–water partition coefficient (Wildman–Crippen LogP) is 7.79. The van der Waals surface area contributed by atoms with Gasteiger partial charge < -0.3 is 14.2 Å². The Morgan fingerprint density at radius 3 is 2.16 bits per heavy atom. The molecule has 0 radical (unpaired) electrons. The van der Waals surface area contributed by atoms with Gasteiger partial charge in [-0.3, -0.25) is 0 Å². The van der Waals surface area contributed by atoms with Crippen LogP contribution in [0.25, 0.3) is 0 Å². The van der Waals surface area contributed by atoms with E-state index >= 15 is 0 Å². The van der Waals surface area contributed by atoms with E-state index < -0.39 is 11.7 Å². The maximum Gasteiger partial charge on any atom is 0.199 e. The normalized spacial score (nSPS) is 29.2. The highest BCUT2D eigenvalue weighted by Gasteiger charge is 2.32. The Bertz CT molecular complexity index is 598. The van der Waals surface area contributed by atoms with Crippen molar-refractivity contribution in [2.75, 3.05) is 20.3 Å². The molecule has 5 heteroatoms. The molecular weight excluding hydrogens is 398 g/mol. The zero-order chi connectivity index (χ0) is 22.6. The van der Waals surface area contributed by atoms with Gasteiger partial charge in [0.2, 0.25) is 0 Å². The minimum absolute atomic E-state index is 0.0737. The van der Waals surface area contributed by atoms with Crippen molar-refractivity contribution in [2.24, 2.45) is 17.8 Å². The molecule has 3 rings (SSSR count). The molecule has 1 saturated carbocycles. The van der Waals surface area contributed by atoms with Crippen molar-refractivity contribution in [1.82, 2.24) is 0 Å². The van der Waals surface area contributed by atoms with Crippen LogP contribution in [0.5, 0.6) is 0 Å². The third-order valence-electron chi connectivity index (χ3n) is 6.60. The van der Waals surface area contributed by atoms with Gasteiger partial charge in [0.05, 0.1) is 19.8 Å². The monoisotopic (exact) mass is 440 g/mol. The molecule has 1 aliphatic heterocycles. The number of rotatable bonds is 8. The summed E-state index contributed by atoms with van der Waals surface area (Å²) in [5.74, 6) is 0.145. The standard InChI is InChI=1S/C23H34F2O3.C3H8/c1-3-4-5-16-8-11-19(27-14-16)18-9-6-17(7-10-18)15-28-21-13-12-20(26-2)22(24)23(21)25;1-3-2/h3,16-19H,1,4-15H2,2H3;3H2,1-2H3. The second-order valence-corrected chi connectivity index (χ2v) is 9.16. The highest BCUT2D eigenvalue weighted by Crippen LogP contribution is 2.38. The van der Waals surface area contributed by atoms with Gasteiger partial charge in [0.25, 0.3) is 0 Å². The largest absolute Gasteiger partial charge is 0.498 e. The van der Waals surface area contributed by atoms with Crippen molar-refractivity contribution in [3.05, 3.63) is 35.8 Å². The Labute approximate surface area is 187 Å². The lowest BCUT2D eigenvalue weighted by atomic mass is 9.77. The molecule has 2 unspecified atom stereocenters. The summed E-state index contributed by atoms with van der Waals surface area (Å²) in [6.07, 6.45) is 13.5. The summed E-state index contributed by atoms with van der Waals surface area (Å²) < 4.78 is 44.6. The van der Waals surface area contributed by atoms with Crippen molar-refractivity contribution in [1.29, 1.82) is 0 Å². The highest BCUT2D eigenvalue weighted by molar-refractivity contribution is 5.29. The maximum absolute atomic E-state index is 14.1. The predicted molar refractivity (Wildman–Crippen MR) is 122 cm³/mol. The molecule has 31 heavy (non-hydrogen) atoms. The van der Waals surface area contributed by atoms with Gasteiger partial charge in [0.1, 0.15) is 11.5 Å². The number of allylic oxidation sites excluding steroid dienone is 5. The van der Waals surface area contributed by atoms with Crippen LogP contribution in [-0.2, 0) is 14.2 Å². The van der Waals surface area contributed by atoms with E-state index in [2.05, 4.69) is 20.4 Å². The molecule has 0 amide bonds. The molecule has 0 aromatic carbocycles. The second kappa shape index (κ2) is 13.9. The fourth-order valence-electron chi connectivity index (χ4n) is 4.74. The van der Waals surface area contributed by atoms with Crippen LogP contribution in [0.3, 0.4) is 0 Å². The lowest BCUT2D eigenvalue weighted by Crippen LogP contribution is -2.34. The molecule has 0 aromatic rings. The third-order valence-corrected chi connectivity index (χ3v) is 6.60. The van der Waals surface area contributed by atoms with Gasteiger partial charge in [0, 0.05) is 19.4 Å². The maximum atomic E-state index is 14.1. The van der Waals surface area contributed by atoms with E-state index in [1.54, 1.807) is 0 Å². The van der Waals surface area contributed by atoms with Gasteiger partial charge in [-0.25, -0.2) is 0 Å². The lowest BCUT2D eigenvalue weighted by Gasteiger charge is -2.37. The topological polar surface area (TPSA) is 27.7 Å². The zero-order valence-electron chi connectivity index (χ0n) is 19.8. The molecule has 3 nitrogen and oxygen atoms in total. The number of hydrogen-bond donors (Lipinski definition) is 0. The minimum atomic E-state index is -0.909. The Morgan fingerprint density at radius 2 is 1.58 bits per heavy atom. The first-order valence-corrected chi connectivity index (χ1v) is 12.2. The SMILES string of the molecule is C=CCCC1CCC(C2CCC(COC3=C(F)C(F)=C(OC)CC3)CC2)OC1.CCC. The highest BCUT2D eigenvalue weighted by atomic mass is 19.2. The van der Waals surface area contributed by atoms with Crippen molar-refractivity contribution in [3.63, 3.8) is 0 Å². The van der Waals surface area contributed by atoms with E-state index in [0.29, 0.717) is 43.3 Å². The van der Waals surface area contributed by atoms with Crippen LogP contribution in [0.4, 0.5) is 8.78 Å². The third kappa shape index (κ3) is 7.93. The Hall–Kier alpha value is -1.36. The first-order valence-electron chi connectivity index (χ1n) is 12.2. The Morgan fingerprint density at radius 1 is 0.968 bits per heavy atom. The van der Waals surface area contributed by atoms with Gasteiger partial charge in [-0.1, -0.05) is 26.3 Å². The molecular formula is C26H42F2O3. The van der Waals surface area contributed by atoms with E-state index in [4.69, 9.17) is 14.2 Å². The van der Waals surface area contributed by atoms with Crippen LogP contribution in [0, 0.1) is 17.8 Å². The summed E-state index contributed by atoms with van der Waals surface area (Å²) in [7, 11) is 1.37. The van der Waals surface area contributed by atoms with E-state index in [-0.39, 0.29) is 11.5 Å². The number of halogens is 2. The molecule has 1 saturated heterocycles. The summed E-state index contributed by atoms with van der Waals surface area (Å²) in [5.41, 5.74) is 0. The van der Waals surface area contributed by atoms with Crippen molar-refractivity contribution < 1.29 is 23.0 Å². The minimum Gasteiger partial charge on any atom is -0.498 e. The van der Waals surface area contributed by atoms with Crippen molar-refractivity contribution >= 4 is 0 Å². The average Bonchev–Trinajstić information content (AvgIpc) is 2.80. The van der Waals surface area contributed by atoms with Crippen LogP contribution in [0.1, 0.15) is 84.5 Å². The summed E-state index contributed by atoms with van der Waals surface area (Å²) >= 11 is 0. The molecule has 2 fully saturated rings. The lowest BCUT2D eigenvalue weighted by molar-refractivity contribution is -0.0610. The first kappa shape index (κ1) is 25.9. The fourth-order valence-corrected chi connectivity index (χ4v) is 4.74. The number of methoxy groups -OCH3 is 1. The molecule has 2 aliphatic carbocycles. The molecule has 3 aliphatic rings. The molecule has 0 bridgehead atoms. The van der Waals surface area contributed by atoms with Crippen LogP contribution < -0.4 is 0 Å². The number of hydrogen-bond acceptors (Lipinski definition) is 3. The zero-order valence-corrected chi connectivity index (χ0v) is 19.8. The average molecular weight is 441 g/mol. The molecule has 0 aromatic heterocycles. The van der Waals surface area contributed by atoms with E-state index in [0.717, 1.165) is 38.7 Å². The van der Waals surface area contributed by atoms with Crippen LogP contribution >= 0.6 is 0 Å². The number of ether oxygens (including phenoxy) is 3. The molecule has 1 heterocycles. The molecule has 2 atom stereocenters. The summed E-state index contributed by atoms with van der Waals surface area (Å²) in [5, 5.41) is 0. The summed E-state index contributed by atoms with van der Waals surface area (Å²) in [6, 6.07) is 0. The molecule has 0 spiro atoms. The molecule has 0 N–H and O–H groups in total. The van der Waals surface area contributed by atoms with E-state index in [9.17, 15) is 8.78 Å². The van der Waals surface area contributed by atoms with Gasteiger partial charge in [-0.05, 0) is 69.1 Å². The van der Waals surface area contributed by atoms with Crippen LogP contribution in [0.15, 0.2) is 35.8 Å². The van der Waals surface area contributed by atoms with Gasteiger partial charge in [0.15, 0.2) is 11.7 Å². The Balaban J connectivity index is 0.00000107. The first-order chi connectivity index (χ1) is 15.0. The second-order valence-electron chi connectivity index (χ2n) is 9.16. The van der Waals surface area contributed by atoms with Crippen molar-refractivity contribution in [2.45, 2.75) is 90.6 Å². The van der Waals surface area contributed by atoms with Gasteiger partial charge >= 0.3 is 0 Å². The van der Waals surface area contributed by atoms with Crippen LogP contribution in [-0.4, -0.2) is 26.4 Å². The molecule has 178 valence electrons. The Kier molecular flexibility index (Phi) is 11.6. The summed E-state index contributed by atoms with van der Waals surface area (Å²) in [6.45, 7) is 9.41. The quantitative estimate of drug-likeness (QED) is 0.361. The fraction of sp³-hybridized carbons (Fsp3) is 0.769. The van der Waals surface area contributed by atoms with Gasteiger partial charge in [-0.15, -0.1) is 6.58 Å². The van der Waals surface area contributed by atoms with Crippen LogP contribution in [0.2, 0.25) is 0 Å². The van der Waals surface area contributed by atoms with Crippen molar-refractivity contribution in [3.8, 4) is 0 Å².